The van der Waals surface area contributed by atoms with Gasteiger partial charge in [0.15, 0.2) is 11.2 Å². The van der Waals surface area contributed by atoms with E-state index >= 15 is 0 Å². The van der Waals surface area contributed by atoms with Crippen molar-refractivity contribution in [1.29, 1.82) is 0 Å². The highest BCUT2D eigenvalue weighted by molar-refractivity contribution is 5.69. The van der Waals surface area contributed by atoms with Crippen LogP contribution in [0.2, 0.25) is 0 Å². The molecule has 2 heterocycles. The van der Waals surface area contributed by atoms with Crippen LogP contribution in [0.1, 0.15) is 12.8 Å². The minimum atomic E-state index is -0.802. The van der Waals surface area contributed by atoms with E-state index in [1.807, 2.05) is 0 Å². The Labute approximate surface area is 132 Å². The summed E-state index contributed by atoms with van der Waals surface area (Å²) < 4.78 is 9.16. The summed E-state index contributed by atoms with van der Waals surface area (Å²) in [6.07, 6.45) is 2.01. The lowest BCUT2D eigenvalue weighted by Gasteiger charge is -2.13. The Balaban J connectivity index is 2.12. The molecule has 23 heavy (non-hydrogen) atoms. The van der Waals surface area contributed by atoms with E-state index in [9.17, 15) is 14.7 Å². The maximum Gasteiger partial charge on any atom is 0.332 e. The number of aryl methyl sites for hydroxylation is 1. The maximum absolute atomic E-state index is 12.2. The standard InChI is InChI=1S/C14H22N4O5/c1-16-12-11(13(21)17(2)14(16)22)18(9-15-12)7-10(20)8-23-6-4-3-5-19/h9-10,19-20H,3-8H2,1-2H3. The Kier molecular flexibility index (Phi) is 5.69. The third-order valence-electron chi connectivity index (χ3n) is 3.63. The molecule has 0 saturated carbocycles. The van der Waals surface area contributed by atoms with Crippen LogP contribution in [0.25, 0.3) is 11.2 Å². The van der Waals surface area contributed by atoms with Crippen LogP contribution >= 0.6 is 0 Å². The van der Waals surface area contributed by atoms with Crippen LogP contribution in [-0.2, 0) is 25.4 Å². The number of ether oxygens (including phenoxy) is 1. The van der Waals surface area contributed by atoms with Gasteiger partial charge in [0.25, 0.3) is 5.56 Å². The summed E-state index contributed by atoms with van der Waals surface area (Å²) in [4.78, 5) is 28.2. The highest BCUT2D eigenvalue weighted by Crippen LogP contribution is 2.06. The van der Waals surface area contributed by atoms with Gasteiger partial charge in [-0.15, -0.1) is 0 Å². The van der Waals surface area contributed by atoms with Gasteiger partial charge in [-0.2, -0.15) is 0 Å². The predicted octanol–water partition coefficient (Wildman–Crippen LogP) is -1.42. The number of imidazole rings is 1. The summed E-state index contributed by atoms with van der Waals surface area (Å²) in [6, 6.07) is 0. The number of aliphatic hydroxyl groups excluding tert-OH is 2. The zero-order valence-corrected chi connectivity index (χ0v) is 13.3. The van der Waals surface area contributed by atoms with Gasteiger partial charge in [-0.05, 0) is 12.8 Å². The third-order valence-corrected chi connectivity index (χ3v) is 3.63. The molecule has 0 bridgehead atoms. The van der Waals surface area contributed by atoms with E-state index in [2.05, 4.69) is 4.98 Å². The first-order valence-corrected chi connectivity index (χ1v) is 7.45. The lowest BCUT2D eigenvalue weighted by atomic mass is 10.3. The van der Waals surface area contributed by atoms with E-state index in [0.29, 0.717) is 13.0 Å². The van der Waals surface area contributed by atoms with Gasteiger partial charge in [-0.3, -0.25) is 13.9 Å². The fourth-order valence-electron chi connectivity index (χ4n) is 2.35. The van der Waals surface area contributed by atoms with Gasteiger partial charge in [0.05, 0.1) is 25.6 Å². The molecule has 2 aromatic heterocycles. The van der Waals surface area contributed by atoms with Gasteiger partial charge in [0.1, 0.15) is 0 Å². The number of fused-ring (bicyclic) bond motifs is 1. The van der Waals surface area contributed by atoms with E-state index < -0.39 is 17.4 Å². The Hall–Kier alpha value is -1.97. The number of hydrogen-bond acceptors (Lipinski definition) is 6. The van der Waals surface area contributed by atoms with Gasteiger partial charge in [-0.1, -0.05) is 0 Å². The van der Waals surface area contributed by atoms with Crippen molar-refractivity contribution >= 4 is 11.2 Å². The van der Waals surface area contributed by atoms with E-state index in [0.717, 1.165) is 11.0 Å². The Morgan fingerprint density at radius 2 is 2.00 bits per heavy atom. The van der Waals surface area contributed by atoms with E-state index in [1.165, 1.54) is 22.5 Å². The first-order valence-electron chi connectivity index (χ1n) is 7.45. The number of unbranched alkanes of at least 4 members (excludes halogenated alkanes) is 1. The Morgan fingerprint density at radius 3 is 2.70 bits per heavy atom. The number of aliphatic hydroxyl groups is 2. The zero-order valence-electron chi connectivity index (χ0n) is 13.3. The van der Waals surface area contributed by atoms with Crippen LogP contribution in [0.5, 0.6) is 0 Å². The molecule has 9 heteroatoms. The van der Waals surface area contributed by atoms with Crippen molar-refractivity contribution in [3.05, 3.63) is 27.2 Å². The molecule has 0 radical (unpaired) electrons. The molecule has 0 saturated heterocycles. The predicted molar refractivity (Wildman–Crippen MR) is 83.4 cm³/mol. The van der Waals surface area contributed by atoms with Crippen LogP contribution in [0.15, 0.2) is 15.9 Å². The largest absolute Gasteiger partial charge is 0.396 e. The average molecular weight is 326 g/mol. The fourth-order valence-corrected chi connectivity index (χ4v) is 2.35. The molecule has 0 amide bonds. The summed E-state index contributed by atoms with van der Waals surface area (Å²) in [5.41, 5.74) is -0.333. The second kappa shape index (κ2) is 7.53. The molecule has 0 aliphatic carbocycles. The SMILES string of the molecule is Cn1c(=O)c2c(ncn2CC(O)COCCCCO)n(C)c1=O. The molecule has 2 rings (SSSR count). The number of nitrogens with zero attached hydrogens (tertiary/aromatic N) is 4. The molecule has 2 aromatic rings. The van der Waals surface area contributed by atoms with Crippen molar-refractivity contribution in [1.82, 2.24) is 18.7 Å². The van der Waals surface area contributed by atoms with Crippen LogP contribution in [0.4, 0.5) is 0 Å². The van der Waals surface area contributed by atoms with Crippen LogP contribution in [0.3, 0.4) is 0 Å². The molecule has 2 N–H and O–H groups in total. The third kappa shape index (κ3) is 3.69. The second-order valence-corrected chi connectivity index (χ2v) is 5.43. The first kappa shape index (κ1) is 17.4. The fraction of sp³-hybridized carbons (Fsp3) is 0.643. The molecule has 0 aromatic carbocycles. The van der Waals surface area contributed by atoms with Gasteiger partial charge in [0.2, 0.25) is 0 Å². The van der Waals surface area contributed by atoms with E-state index in [1.54, 1.807) is 7.05 Å². The van der Waals surface area contributed by atoms with Crippen molar-refractivity contribution in [3.63, 3.8) is 0 Å². The minimum Gasteiger partial charge on any atom is -0.396 e. The lowest BCUT2D eigenvalue weighted by molar-refractivity contribution is 0.0263. The number of rotatable bonds is 8. The second-order valence-electron chi connectivity index (χ2n) is 5.43. The van der Waals surface area contributed by atoms with E-state index in [4.69, 9.17) is 9.84 Å². The molecule has 1 unspecified atom stereocenters. The molecule has 0 aliphatic rings. The van der Waals surface area contributed by atoms with Gasteiger partial charge in [0, 0.05) is 27.3 Å². The van der Waals surface area contributed by atoms with Gasteiger partial charge in [-0.25, -0.2) is 9.78 Å². The molecular formula is C14H22N4O5. The number of aromatic nitrogens is 4. The molecule has 0 aliphatic heterocycles. The average Bonchev–Trinajstić information content (AvgIpc) is 2.94. The van der Waals surface area contributed by atoms with Gasteiger partial charge < -0.3 is 19.5 Å². The van der Waals surface area contributed by atoms with Crippen molar-refractivity contribution in [3.8, 4) is 0 Å². The van der Waals surface area contributed by atoms with Crippen LogP contribution < -0.4 is 11.2 Å². The number of hydrogen-bond donors (Lipinski definition) is 2. The van der Waals surface area contributed by atoms with Gasteiger partial charge >= 0.3 is 5.69 Å². The Bertz CT molecular complexity index is 776. The summed E-state index contributed by atoms with van der Waals surface area (Å²) in [6.45, 7) is 0.842. The molecule has 1 atom stereocenters. The Morgan fingerprint density at radius 1 is 1.26 bits per heavy atom. The summed E-state index contributed by atoms with van der Waals surface area (Å²) in [7, 11) is 2.95. The monoisotopic (exact) mass is 326 g/mol. The quantitative estimate of drug-likeness (QED) is 0.576. The van der Waals surface area contributed by atoms with Crippen molar-refractivity contribution in [2.45, 2.75) is 25.5 Å². The molecular weight excluding hydrogens is 304 g/mol. The first-order chi connectivity index (χ1) is 11.0. The summed E-state index contributed by atoms with van der Waals surface area (Å²) in [5.74, 6) is 0. The molecule has 9 nitrogen and oxygen atoms in total. The highest BCUT2D eigenvalue weighted by atomic mass is 16.5. The summed E-state index contributed by atoms with van der Waals surface area (Å²) >= 11 is 0. The van der Waals surface area contributed by atoms with E-state index in [-0.39, 0.29) is 30.9 Å². The van der Waals surface area contributed by atoms with Crippen LogP contribution in [-0.4, -0.2) is 54.8 Å². The van der Waals surface area contributed by atoms with Crippen molar-refractivity contribution in [2.24, 2.45) is 14.1 Å². The van der Waals surface area contributed by atoms with Crippen molar-refractivity contribution < 1.29 is 14.9 Å². The maximum atomic E-state index is 12.2. The summed E-state index contributed by atoms with van der Waals surface area (Å²) in [5, 5.41) is 18.7. The highest BCUT2D eigenvalue weighted by Gasteiger charge is 2.16. The van der Waals surface area contributed by atoms with Crippen molar-refractivity contribution in [2.75, 3.05) is 19.8 Å². The van der Waals surface area contributed by atoms with Crippen LogP contribution in [0, 0.1) is 0 Å². The smallest absolute Gasteiger partial charge is 0.332 e. The molecule has 128 valence electrons. The molecule has 0 fully saturated rings. The normalized spacial score (nSPS) is 12.9. The minimum absolute atomic E-state index is 0.120. The molecule has 0 spiro atoms. The lowest BCUT2D eigenvalue weighted by Crippen LogP contribution is -2.38. The topological polar surface area (TPSA) is 112 Å². The zero-order chi connectivity index (χ0) is 17.0.